The van der Waals surface area contributed by atoms with Gasteiger partial charge in [-0.25, -0.2) is 4.99 Å². The lowest BCUT2D eigenvalue weighted by Crippen LogP contribution is -2.36. The largest absolute Gasteiger partial charge is 0.416 e. The molecule has 1 heterocycles. The highest BCUT2D eigenvalue weighted by atomic mass is 19.4. The number of anilines is 1. The molecule has 2 N–H and O–H groups in total. The van der Waals surface area contributed by atoms with Crippen molar-refractivity contribution in [2.75, 3.05) is 18.5 Å². The maximum Gasteiger partial charge on any atom is 0.416 e. The first-order valence-corrected chi connectivity index (χ1v) is 8.88. The zero-order valence-corrected chi connectivity index (χ0v) is 15.0. The van der Waals surface area contributed by atoms with E-state index < -0.39 is 17.6 Å². The van der Waals surface area contributed by atoms with E-state index in [4.69, 9.17) is 4.74 Å². The summed E-state index contributed by atoms with van der Waals surface area (Å²) < 4.78 is 44.3. The van der Waals surface area contributed by atoms with Gasteiger partial charge in [0.1, 0.15) is 0 Å². The van der Waals surface area contributed by atoms with E-state index in [1.807, 2.05) is 0 Å². The van der Waals surface area contributed by atoms with Crippen molar-refractivity contribution >= 4 is 17.6 Å². The quantitative estimate of drug-likeness (QED) is 0.610. The molecule has 1 saturated heterocycles. The van der Waals surface area contributed by atoms with Gasteiger partial charge in [-0.05, 0) is 43.2 Å². The van der Waals surface area contributed by atoms with Crippen molar-refractivity contribution in [1.29, 1.82) is 0 Å². The average Bonchev–Trinajstić information content (AvgIpc) is 3.20. The minimum atomic E-state index is -4.46. The summed E-state index contributed by atoms with van der Waals surface area (Å²) >= 11 is 0. The van der Waals surface area contributed by atoms with E-state index in [9.17, 15) is 18.0 Å². The van der Waals surface area contributed by atoms with Crippen LogP contribution in [0.4, 0.5) is 18.9 Å². The number of rotatable bonds is 4. The van der Waals surface area contributed by atoms with Crippen molar-refractivity contribution in [3.63, 3.8) is 0 Å². The van der Waals surface area contributed by atoms with Crippen molar-refractivity contribution in [3.8, 4) is 0 Å². The monoisotopic (exact) mass is 391 g/mol. The molecule has 0 unspecified atom stereocenters. The molecule has 8 heteroatoms. The molecule has 1 aliphatic heterocycles. The van der Waals surface area contributed by atoms with Crippen LogP contribution in [-0.4, -0.2) is 31.1 Å². The summed E-state index contributed by atoms with van der Waals surface area (Å²) in [7, 11) is 0. The number of nitrogens with zero attached hydrogens (tertiary/aromatic N) is 1. The molecule has 0 aliphatic carbocycles. The maximum atomic E-state index is 12.9. The highest BCUT2D eigenvalue weighted by molar-refractivity contribution is 6.09. The van der Waals surface area contributed by atoms with Gasteiger partial charge >= 0.3 is 6.18 Å². The Balaban J connectivity index is 1.77. The van der Waals surface area contributed by atoms with Gasteiger partial charge in [0.05, 0.1) is 18.2 Å². The molecule has 3 rings (SSSR count). The fourth-order valence-electron chi connectivity index (χ4n) is 2.77. The van der Waals surface area contributed by atoms with E-state index in [1.54, 1.807) is 30.3 Å². The van der Waals surface area contributed by atoms with Crippen molar-refractivity contribution in [3.05, 3.63) is 65.7 Å². The fourth-order valence-corrected chi connectivity index (χ4v) is 2.77. The van der Waals surface area contributed by atoms with Crippen LogP contribution in [0.3, 0.4) is 0 Å². The Morgan fingerprint density at radius 1 is 1.14 bits per heavy atom. The number of hydrogen-bond acceptors (Lipinski definition) is 3. The number of ether oxygens (including phenoxy) is 1. The molecular formula is C20H20F3N3O2. The molecule has 5 nitrogen and oxygen atoms in total. The molecule has 0 saturated carbocycles. The third-order valence-corrected chi connectivity index (χ3v) is 4.20. The van der Waals surface area contributed by atoms with Gasteiger partial charge in [0.25, 0.3) is 5.91 Å². The zero-order valence-electron chi connectivity index (χ0n) is 15.0. The van der Waals surface area contributed by atoms with E-state index in [0.29, 0.717) is 18.7 Å². The summed E-state index contributed by atoms with van der Waals surface area (Å²) in [5, 5.41) is 5.41. The Kier molecular flexibility index (Phi) is 6.30. The standard InChI is InChI=1S/C20H20F3N3O2/c21-20(22,23)15-8-4-9-16(12-15)25-19(24-13-17-10-5-11-28-17)26-18(27)14-6-2-1-3-7-14/h1-4,6-9,12,17H,5,10-11,13H2,(H2,24,25,26,27)/t17-/m0/s1. The number of halogens is 3. The fraction of sp³-hybridized carbons (Fsp3) is 0.300. The van der Waals surface area contributed by atoms with E-state index >= 15 is 0 Å². The van der Waals surface area contributed by atoms with E-state index in [1.165, 1.54) is 12.1 Å². The number of nitrogens with one attached hydrogen (secondary N) is 2. The Morgan fingerprint density at radius 3 is 2.61 bits per heavy atom. The average molecular weight is 391 g/mol. The predicted molar refractivity (Wildman–Crippen MR) is 100 cm³/mol. The van der Waals surface area contributed by atoms with Crippen LogP contribution in [0.25, 0.3) is 0 Å². The third kappa shape index (κ3) is 5.56. The lowest BCUT2D eigenvalue weighted by Gasteiger charge is -2.14. The third-order valence-electron chi connectivity index (χ3n) is 4.20. The summed E-state index contributed by atoms with van der Waals surface area (Å²) in [5.74, 6) is -0.338. The van der Waals surface area contributed by atoms with Gasteiger partial charge in [-0.2, -0.15) is 13.2 Å². The summed E-state index contributed by atoms with van der Waals surface area (Å²) in [6.07, 6.45) is -2.73. The highest BCUT2D eigenvalue weighted by Crippen LogP contribution is 2.30. The van der Waals surface area contributed by atoms with Crippen LogP contribution in [0, 0.1) is 0 Å². The predicted octanol–water partition coefficient (Wildman–Crippen LogP) is 4.08. The summed E-state index contributed by atoms with van der Waals surface area (Å²) in [4.78, 5) is 16.8. The highest BCUT2D eigenvalue weighted by Gasteiger charge is 2.30. The zero-order chi connectivity index (χ0) is 20.0. The molecule has 0 radical (unpaired) electrons. The minimum absolute atomic E-state index is 0.0630. The van der Waals surface area contributed by atoms with Crippen LogP contribution >= 0.6 is 0 Å². The second-order valence-corrected chi connectivity index (χ2v) is 6.35. The second kappa shape index (κ2) is 8.88. The second-order valence-electron chi connectivity index (χ2n) is 6.35. The number of alkyl halides is 3. The molecule has 1 amide bonds. The lowest BCUT2D eigenvalue weighted by atomic mass is 10.2. The van der Waals surface area contributed by atoms with E-state index in [2.05, 4.69) is 15.6 Å². The molecule has 0 bridgehead atoms. The molecule has 0 spiro atoms. The lowest BCUT2D eigenvalue weighted by molar-refractivity contribution is -0.137. The van der Waals surface area contributed by atoms with E-state index in [-0.39, 0.29) is 17.8 Å². The molecule has 2 aromatic rings. The SMILES string of the molecule is O=C(NC(=NC[C@@H]1CCCO1)Nc1cccc(C(F)(F)F)c1)c1ccccc1. The Labute approximate surface area is 160 Å². The number of benzene rings is 2. The van der Waals surface area contributed by atoms with Crippen LogP contribution in [0.5, 0.6) is 0 Å². The number of carbonyl (C=O) groups excluding carboxylic acids is 1. The topological polar surface area (TPSA) is 62.7 Å². The Bertz CT molecular complexity index is 832. The summed E-state index contributed by atoms with van der Waals surface area (Å²) in [6.45, 7) is 0.962. The van der Waals surface area contributed by atoms with Gasteiger partial charge in [-0.3, -0.25) is 10.1 Å². The first-order chi connectivity index (χ1) is 13.4. The molecular weight excluding hydrogens is 371 g/mol. The molecule has 1 aliphatic rings. The van der Waals surface area contributed by atoms with Crippen LogP contribution in [0.15, 0.2) is 59.6 Å². The van der Waals surface area contributed by atoms with Gasteiger partial charge in [0, 0.05) is 17.9 Å². The van der Waals surface area contributed by atoms with E-state index in [0.717, 1.165) is 25.0 Å². The smallest absolute Gasteiger partial charge is 0.376 e. The Hall–Kier alpha value is -2.87. The van der Waals surface area contributed by atoms with Crippen molar-refractivity contribution in [1.82, 2.24) is 5.32 Å². The van der Waals surface area contributed by atoms with Crippen LogP contribution in [0.2, 0.25) is 0 Å². The number of aliphatic imine (C=N–C) groups is 1. The van der Waals surface area contributed by atoms with Gasteiger partial charge in [0.15, 0.2) is 0 Å². The summed E-state index contributed by atoms with van der Waals surface area (Å²) in [5.41, 5.74) is -0.196. The molecule has 0 aromatic heterocycles. The first kappa shape index (κ1) is 19.9. The van der Waals surface area contributed by atoms with Crippen molar-refractivity contribution in [2.45, 2.75) is 25.1 Å². The maximum absolute atomic E-state index is 12.9. The summed E-state index contributed by atoms with van der Waals surface area (Å²) in [6, 6.07) is 13.2. The molecule has 28 heavy (non-hydrogen) atoms. The van der Waals surface area contributed by atoms with Crippen molar-refractivity contribution < 1.29 is 22.7 Å². The van der Waals surface area contributed by atoms with Gasteiger partial charge < -0.3 is 10.1 Å². The molecule has 1 atom stereocenters. The van der Waals surface area contributed by atoms with Crippen molar-refractivity contribution in [2.24, 2.45) is 4.99 Å². The number of carbonyl (C=O) groups is 1. The number of amides is 1. The molecule has 148 valence electrons. The van der Waals surface area contributed by atoms with Gasteiger partial charge in [0.2, 0.25) is 5.96 Å². The van der Waals surface area contributed by atoms with Crippen LogP contribution < -0.4 is 10.6 Å². The van der Waals surface area contributed by atoms with Crippen LogP contribution in [0.1, 0.15) is 28.8 Å². The molecule has 1 fully saturated rings. The Morgan fingerprint density at radius 2 is 1.93 bits per heavy atom. The normalized spacial score (nSPS) is 17.4. The number of guanidine groups is 1. The number of hydrogen-bond donors (Lipinski definition) is 2. The first-order valence-electron chi connectivity index (χ1n) is 8.88. The molecule has 2 aromatic carbocycles. The van der Waals surface area contributed by atoms with Gasteiger partial charge in [-0.15, -0.1) is 0 Å². The van der Waals surface area contributed by atoms with Gasteiger partial charge in [-0.1, -0.05) is 24.3 Å². The minimum Gasteiger partial charge on any atom is -0.376 e. The van der Waals surface area contributed by atoms with Crippen LogP contribution in [-0.2, 0) is 10.9 Å².